The molecule has 4 aromatic rings. The molecule has 20 heteroatoms. The van der Waals surface area contributed by atoms with Crippen LogP contribution in [0.2, 0.25) is 0 Å². The SMILES string of the molecule is COC(=O)c1ccc(NC(=O)CCNC(=O)c2ccc(NC(=O)CNC(=O)[C@H]3CCCN3C(=O)c3ccc(NC(=O)C[C@H](Cc4ccccc4)NC(=O)OC(C)(C)C)o3)[nH]2)o1. The highest BCUT2D eigenvalue weighted by atomic mass is 16.6. The van der Waals surface area contributed by atoms with Gasteiger partial charge in [-0.1, -0.05) is 30.3 Å². The minimum absolute atomic E-state index is 0.00261. The molecule has 20 nitrogen and oxygen atoms in total. The molecule has 0 spiro atoms. The highest BCUT2D eigenvalue weighted by molar-refractivity contribution is 6.00. The van der Waals surface area contributed by atoms with Crippen LogP contribution in [-0.2, 0) is 35.1 Å². The second-order valence-corrected chi connectivity index (χ2v) is 14.9. The van der Waals surface area contributed by atoms with E-state index in [1.165, 1.54) is 48.4 Å². The van der Waals surface area contributed by atoms with Crippen LogP contribution in [0, 0.1) is 0 Å². The summed E-state index contributed by atoms with van der Waals surface area (Å²) in [6.07, 6.45) is 0.312. The lowest BCUT2D eigenvalue weighted by Gasteiger charge is -2.23. The van der Waals surface area contributed by atoms with E-state index in [0.717, 1.165) is 5.56 Å². The summed E-state index contributed by atoms with van der Waals surface area (Å²) in [5, 5.41) is 15.5. The van der Waals surface area contributed by atoms with Gasteiger partial charge in [0, 0.05) is 44.1 Å². The van der Waals surface area contributed by atoms with Gasteiger partial charge in [0.05, 0.1) is 13.7 Å². The zero-order chi connectivity index (χ0) is 44.1. The lowest BCUT2D eigenvalue weighted by Crippen LogP contribution is -2.47. The molecular weight excluding hydrogens is 796 g/mol. The molecular formula is C41H48N8O12. The van der Waals surface area contributed by atoms with Crippen molar-refractivity contribution in [3.8, 4) is 0 Å². The van der Waals surface area contributed by atoms with Crippen LogP contribution in [0.3, 0.4) is 0 Å². The topological polar surface area (TPSA) is 273 Å². The summed E-state index contributed by atoms with van der Waals surface area (Å²) in [6.45, 7) is 4.98. The number of anilines is 3. The Kier molecular flexibility index (Phi) is 15.1. The number of nitrogens with zero attached hydrogens (tertiary/aromatic N) is 1. The number of H-pyrrole nitrogens is 1. The number of likely N-dealkylation sites (tertiary alicyclic amines) is 1. The molecule has 5 rings (SSSR count). The summed E-state index contributed by atoms with van der Waals surface area (Å²) in [5.41, 5.74) is 0.254. The van der Waals surface area contributed by atoms with E-state index in [1.807, 2.05) is 30.3 Å². The number of nitrogens with one attached hydrogen (secondary N) is 7. The number of rotatable bonds is 17. The monoisotopic (exact) mass is 844 g/mol. The van der Waals surface area contributed by atoms with Gasteiger partial charge in [0.15, 0.2) is 11.6 Å². The number of amides is 7. The average molecular weight is 845 g/mol. The molecule has 324 valence electrons. The molecule has 4 heterocycles. The number of hydrogen-bond acceptors (Lipinski definition) is 12. The predicted molar refractivity (Wildman–Crippen MR) is 217 cm³/mol. The van der Waals surface area contributed by atoms with Gasteiger partial charge in [0.2, 0.25) is 35.3 Å². The molecule has 1 saturated heterocycles. The average Bonchev–Trinajstić information content (AvgIpc) is 4.04. The van der Waals surface area contributed by atoms with E-state index >= 15 is 0 Å². The van der Waals surface area contributed by atoms with Crippen LogP contribution in [0.1, 0.15) is 83.6 Å². The number of furan rings is 2. The first-order valence-corrected chi connectivity index (χ1v) is 19.3. The van der Waals surface area contributed by atoms with Gasteiger partial charge < -0.3 is 49.5 Å². The number of carbonyl (C=O) groups is 8. The number of benzene rings is 1. The fourth-order valence-corrected chi connectivity index (χ4v) is 6.18. The zero-order valence-electron chi connectivity index (χ0n) is 34.0. The Balaban J connectivity index is 1.05. The number of carbonyl (C=O) groups excluding carboxylic acids is 8. The summed E-state index contributed by atoms with van der Waals surface area (Å²) < 4.78 is 20.8. The summed E-state index contributed by atoms with van der Waals surface area (Å²) in [7, 11) is 1.19. The maximum atomic E-state index is 13.4. The van der Waals surface area contributed by atoms with Crippen LogP contribution < -0.4 is 31.9 Å². The van der Waals surface area contributed by atoms with Gasteiger partial charge in [-0.25, -0.2) is 9.59 Å². The number of esters is 1. The zero-order valence-corrected chi connectivity index (χ0v) is 34.0. The van der Waals surface area contributed by atoms with E-state index in [2.05, 4.69) is 41.6 Å². The van der Waals surface area contributed by atoms with E-state index in [9.17, 15) is 38.4 Å². The Morgan fingerprint density at radius 1 is 0.820 bits per heavy atom. The van der Waals surface area contributed by atoms with Crippen molar-refractivity contribution in [3.63, 3.8) is 0 Å². The molecule has 1 aliphatic rings. The normalized spacial score (nSPS) is 14.0. The van der Waals surface area contributed by atoms with Gasteiger partial charge in [-0.15, -0.1) is 0 Å². The van der Waals surface area contributed by atoms with Gasteiger partial charge in [-0.2, -0.15) is 0 Å². The standard InChI is InChI=1S/C41H48N8O12/c1-41(2,3)61-40(57)44-25(21-24-9-6-5-7-10-24)22-32(51)48-35-16-13-28(59-35)38(55)49-20-8-11-27(49)37(54)43-23-33(52)46-30-15-12-26(45-30)36(53)42-19-18-31(50)47-34-17-14-29(60-34)39(56)58-4/h5-7,9-10,12-17,25,27,45H,8,11,18-23H2,1-4H3,(H,42,53)(H,43,54)(H,44,57)(H,46,52)(H,47,50)(H,48,51)/t25-,27+/m0/s1. The summed E-state index contributed by atoms with van der Waals surface area (Å²) in [5.74, 6) is -3.95. The van der Waals surface area contributed by atoms with Crippen molar-refractivity contribution in [1.29, 1.82) is 0 Å². The van der Waals surface area contributed by atoms with Crippen LogP contribution in [-0.4, -0.2) is 102 Å². The van der Waals surface area contributed by atoms with Crippen molar-refractivity contribution in [3.05, 3.63) is 89.5 Å². The Hall–Kier alpha value is -7.38. The Labute approximate surface area is 349 Å². The number of aromatic nitrogens is 1. The minimum Gasteiger partial charge on any atom is -0.463 e. The molecule has 0 saturated carbocycles. The lowest BCUT2D eigenvalue weighted by molar-refractivity contribution is -0.127. The quantitative estimate of drug-likeness (QED) is 0.0752. The molecule has 2 atom stereocenters. The van der Waals surface area contributed by atoms with Gasteiger partial charge in [0.25, 0.3) is 11.8 Å². The van der Waals surface area contributed by atoms with Gasteiger partial charge in [0.1, 0.15) is 23.2 Å². The minimum atomic E-state index is -0.889. The predicted octanol–water partition coefficient (Wildman–Crippen LogP) is 3.57. The molecule has 0 aliphatic carbocycles. The molecule has 61 heavy (non-hydrogen) atoms. The van der Waals surface area contributed by atoms with Crippen LogP contribution >= 0.6 is 0 Å². The first-order chi connectivity index (χ1) is 29.1. The fourth-order valence-electron chi connectivity index (χ4n) is 6.18. The van der Waals surface area contributed by atoms with E-state index in [1.54, 1.807) is 20.8 Å². The third kappa shape index (κ3) is 13.6. The van der Waals surface area contributed by atoms with E-state index < -0.39 is 71.7 Å². The summed E-state index contributed by atoms with van der Waals surface area (Å²) in [6, 6.07) is 16.2. The summed E-state index contributed by atoms with van der Waals surface area (Å²) >= 11 is 0. The first-order valence-electron chi connectivity index (χ1n) is 19.3. The van der Waals surface area contributed by atoms with Crippen LogP contribution in [0.25, 0.3) is 0 Å². The van der Waals surface area contributed by atoms with Crippen molar-refractivity contribution in [2.24, 2.45) is 0 Å². The third-order valence-corrected chi connectivity index (χ3v) is 8.89. The maximum Gasteiger partial charge on any atom is 0.407 e. The van der Waals surface area contributed by atoms with Gasteiger partial charge in [-0.3, -0.25) is 39.4 Å². The molecule has 1 aliphatic heterocycles. The third-order valence-electron chi connectivity index (χ3n) is 8.89. The number of aromatic amines is 1. The molecule has 1 fully saturated rings. The lowest BCUT2D eigenvalue weighted by atomic mass is 10.0. The van der Waals surface area contributed by atoms with E-state index in [-0.39, 0.29) is 60.7 Å². The molecule has 0 unspecified atom stereocenters. The van der Waals surface area contributed by atoms with E-state index in [4.69, 9.17) is 13.6 Å². The number of hydrogen-bond donors (Lipinski definition) is 7. The fraction of sp³-hybridized carbons (Fsp3) is 0.366. The molecule has 0 bridgehead atoms. The molecule has 3 aromatic heterocycles. The first kappa shape index (κ1) is 44.7. The molecule has 7 amide bonds. The molecule has 1 aromatic carbocycles. The number of alkyl carbamates (subject to hydrolysis) is 1. The van der Waals surface area contributed by atoms with Crippen LogP contribution in [0.15, 0.2) is 75.6 Å². The second kappa shape index (κ2) is 20.5. The van der Waals surface area contributed by atoms with Crippen molar-refractivity contribution in [2.75, 3.05) is 42.7 Å². The Morgan fingerprint density at radius 3 is 2.21 bits per heavy atom. The molecule has 0 radical (unpaired) electrons. The van der Waals surface area contributed by atoms with Crippen molar-refractivity contribution < 1.29 is 56.7 Å². The Bertz CT molecular complexity index is 2220. The number of methoxy groups -OCH3 is 1. The molecule has 7 N–H and O–H groups in total. The Morgan fingerprint density at radius 2 is 1.51 bits per heavy atom. The van der Waals surface area contributed by atoms with Crippen molar-refractivity contribution in [1.82, 2.24) is 25.8 Å². The van der Waals surface area contributed by atoms with Gasteiger partial charge >= 0.3 is 12.1 Å². The number of ether oxygens (including phenoxy) is 2. The maximum absolute atomic E-state index is 13.4. The van der Waals surface area contributed by atoms with Crippen LogP contribution in [0.5, 0.6) is 0 Å². The van der Waals surface area contributed by atoms with E-state index in [0.29, 0.717) is 19.3 Å². The second-order valence-electron chi connectivity index (χ2n) is 14.9. The van der Waals surface area contributed by atoms with Crippen LogP contribution in [0.4, 0.5) is 22.4 Å². The largest absolute Gasteiger partial charge is 0.463 e. The smallest absolute Gasteiger partial charge is 0.407 e. The van der Waals surface area contributed by atoms with Crippen molar-refractivity contribution >= 4 is 65.1 Å². The highest BCUT2D eigenvalue weighted by Crippen LogP contribution is 2.23. The highest BCUT2D eigenvalue weighted by Gasteiger charge is 2.36. The van der Waals surface area contributed by atoms with Gasteiger partial charge in [-0.05, 0) is 69.9 Å². The van der Waals surface area contributed by atoms with Crippen molar-refractivity contribution in [2.45, 2.75) is 70.6 Å². The summed E-state index contributed by atoms with van der Waals surface area (Å²) in [4.78, 5) is 105.